The van der Waals surface area contributed by atoms with E-state index in [2.05, 4.69) is 18.8 Å². The zero-order chi connectivity index (χ0) is 15.6. The van der Waals surface area contributed by atoms with Crippen molar-refractivity contribution in [1.29, 1.82) is 0 Å². The van der Waals surface area contributed by atoms with Crippen molar-refractivity contribution in [3.63, 3.8) is 0 Å². The quantitative estimate of drug-likeness (QED) is 0.882. The Hall–Kier alpha value is -1.81. The summed E-state index contributed by atoms with van der Waals surface area (Å²) in [5.74, 6) is 0.411. The van der Waals surface area contributed by atoms with E-state index in [4.69, 9.17) is 11.6 Å². The summed E-state index contributed by atoms with van der Waals surface area (Å²) in [7, 11) is 0. The van der Waals surface area contributed by atoms with Crippen LogP contribution in [0.2, 0.25) is 5.15 Å². The SMILES string of the molecule is Cc1cccc(-c2c(Cl)[nH]c(=O)n(CCC(C)C)c2=O)c1. The number of halogens is 1. The van der Waals surface area contributed by atoms with Crippen LogP contribution in [-0.4, -0.2) is 9.55 Å². The molecule has 0 unspecified atom stereocenters. The van der Waals surface area contributed by atoms with Gasteiger partial charge < -0.3 is 0 Å². The largest absolute Gasteiger partial charge is 0.329 e. The highest BCUT2D eigenvalue weighted by atomic mass is 35.5. The molecule has 4 nitrogen and oxygen atoms in total. The summed E-state index contributed by atoms with van der Waals surface area (Å²) in [4.78, 5) is 27.1. The Morgan fingerprint density at radius 1 is 1.29 bits per heavy atom. The fourth-order valence-corrected chi connectivity index (χ4v) is 2.46. The number of H-pyrrole nitrogens is 1. The highest BCUT2D eigenvalue weighted by molar-refractivity contribution is 6.32. The Bertz CT molecular complexity index is 760. The van der Waals surface area contributed by atoms with Gasteiger partial charge >= 0.3 is 5.69 Å². The average molecular weight is 307 g/mol. The van der Waals surface area contributed by atoms with Gasteiger partial charge in [0.15, 0.2) is 0 Å². The first-order valence-corrected chi connectivity index (χ1v) is 7.37. The molecule has 1 N–H and O–H groups in total. The number of hydrogen-bond donors (Lipinski definition) is 1. The molecule has 5 heteroatoms. The fraction of sp³-hybridized carbons (Fsp3) is 0.375. The second kappa shape index (κ2) is 6.31. The van der Waals surface area contributed by atoms with Crippen molar-refractivity contribution in [2.75, 3.05) is 0 Å². The summed E-state index contributed by atoms with van der Waals surface area (Å²) in [6.45, 7) is 6.44. The lowest BCUT2D eigenvalue weighted by atomic mass is 10.1. The molecule has 0 saturated carbocycles. The molecule has 0 atom stereocenters. The van der Waals surface area contributed by atoms with Crippen molar-refractivity contribution < 1.29 is 0 Å². The number of rotatable bonds is 4. The first-order valence-electron chi connectivity index (χ1n) is 6.99. The molecular weight excluding hydrogens is 288 g/mol. The third-order valence-electron chi connectivity index (χ3n) is 3.38. The highest BCUT2D eigenvalue weighted by Gasteiger charge is 2.14. The molecule has 0 aliphatic rings. The van der Waals surface area contributed by atoms with Gasteiger partial charge in [0.25, 0.3) is 5.56 Å². The molecule has 2 aromatic rings. The predicted molar refractivity (Wildman–Crippen MR) is 86.0 cm³/mol. The van der Waals surface area contributed by atoms with Crippen LogP contribution >= 0.6 is 11.6 Å². The van der Waals surface area contributed by atoms with Crippen molar-refractivity contribution in [1.82, 2.24) is 9.55 Å². The Labute approximate surface area is 128 Å². The van der Waals surface area contributed by atoms with Gasteiger partial charge in [-0.3, -0.25) is 14.3 Å². The van der Waals surface area contributed by atoms with E-state index in [1.807, 2.05) is 31.2 Å². The Balaban J connectivity index is 2.59. The second-order valence-electron chi connectivity index (χ2n) is 5.63. The van der Waals surface area contributed by atoms with Crippen molar-refractivity contribution in [2.24, 2.45) is 5.92 Å². The van der Waals surface area contributed by atoms with Gasteiger partial charge in [0.1, 0.15) is 5.15 Å². The van der Waals surface area contributed by atoms with E-state index in [-0.39, 0.29) is 10.7 Å². The van der Waals surface area contributed by atoms with Gasteiger partial charge in [-0.1, -0.05) is 55.3 Å². The van der Waals surface area contributed by atoms with Gasteiger partial charge in [0.2, 0.25) is 0 Å². The maximum Gasteiger partial charge on any atom is 0.329 e. The molecule has 1 aromatic heterocycles. The molecule has 112 valence electrons. The highest BCUT2D eigenvalue weighted by Crippen LogP contribution is 2.22. The normalized spacial score (nSPS) is 11.1. The molecule has 0 amide bonds. The van der Waals surface area contributed by atoms with Crippen LogP contribution in [0.15, 0.2) is 33.9 Å². The van der Waals surface area contributed by atoms with Crippen LogP contribution in [0.4, 0.5) is 0 Å². The number of hydrogen-bond acceptors (Lipinski definition) is 2. The zero-order valence-electron chi connectivity index (χ0n) is 12.4. The molecule has 0 bridgehead atoms. The van der Waals surface area contributed by atoms with Crippen molar-refractivity contribution >= 4 is 11.6 Å². The summed E-state index contributed by atoms with van der Waals surface area (Å²) < 4.78 is 1.23. The molecule has 1 heterocycles. The van der Waals surface area contributed by atoms with Crippen LogP contribution in [0.5, 0.6) is 0 Å². The monoisotopic (exact) mass is 306 g/mol. The first-order chi connectivity index (χ1) is 9.90. The fourth-order valence-electron chi connectivity index (χ4n) is 2.19. The number of benzene rings is 1. The molecule has 0 spiro atoms. The van der Waals surface area contributed by atoms with Crippen molar-refractivity contribution in [3.8, 4) is 11.1 Å². The van der Waals surface area contributed by atoms with Crippen LogP contribution in [0, 0.1) is 12.8 Å². The molecule has 2 rings (SSSR count). The van der Waals surface area contributed by atoms with Crippen LogP contribution in [0.3, 0.4) is 0 Å². The van der Waals surface area contributed by atoms with Crippen molar-refractivity contribution in [2.45, 2.75) is 33.7 Å². The van der Waals surface area contributed by atoms with Gasteiger partial charge in [-0.25, -0.2) is 4.79 Å². The number of aryl methyl sites for hydroxylation is 1. The number of nitrogens with zero attached hydrogens (tertiary/aromatic N) is 1. The molecule has 0 fully saturated rings. The average Bonchev–Trinajstić information content (AvgIpc) is 2.37. The van der Waals surface area contributed by atoms with Gasteiger partial charge in [-0.2, -0.15) is 0 Å². The zero-order valence-corrected chi connectivity index (χ0v) is 13.2. The summed E-state index contributed by atoms with van der Waals surface area (Å²) in [6, 6.07) is 7.51. The van der Waals surface area contributed by atoms with Crippen LogP contribution in [0.25, 0.3) is 11.1 Å². The second-order valence-corrected chi connectivity index (χ2v) is 6.01. The Morgan fingerprint density at radius 3 is 2.62 bits per heavy atom. The van der Waals surface area contributed by atoms with Crippen LogP contribution in [0.1, 0.15) is 25.8 Å². The van der Waals surface area contributed by atoms with Crippen LogP contribution < -0.4 is 11.2 Å². The lowest BCUT2D eigenvalue weighted by molar-refractivity contribution is 0.495. The third-order valence-corrected chi connectivity index (χ3v) is 3.66. The molecule has 0 aliphatic carbocycles. The standard InChI is InChI=1S/C16H19ClN2O2/c1-10(2)7-8-19-15(20)13(14(17)18-16(19)21)12-6-4-5-11(3)9-12/h4-6,9-10H,7-8H2,1-3H3,(H,18,21). The van der Waals surface area contributed by atoms with E-state index in [0.717, 1.165) is 17.5 Å². The minimum absolute atomic E-state index is 0.0939. The molecule has 0 saturated heterocycles. The van der Waals surface area contributed by atoms with Gasteiger partial charge in [-0.05, 0) is 24.8 Å². The van der Waals surface area contributed by atoms with E-state index >= 15 is 0 Å². The summed E-state index contributed by atoms with van der Waals surface area (Å²) in [5, 5.41) is 0.0939. The lowest BCUT2D eigenvalue weighted by Gasteiger charge is -2.11. The summed E-state index contributed by atoms with van der Waals surface area (Å²) in [6.07, 6.45) is 0.762. The lowest BCUT2D eigenvalue weighted by Crippen LogP contribution is -2.36. The number of nitrogens with one attached hydrogen (secondary N) is 1. The Morgan fingerprint density at radius 2 is 2.00 bits per heavy atom. The summed E-state index contributed by atoms with van der Waals surface area (Å²) >= 11 is 6.09. The third kappa shape index (κ3) is 3.45. The van der Waals surface area contributed by atoms with Crippen LogP contribution in [-0.2, 0) is 6.54 Å². The van der Waals surface area contributed by atoms with Gasteiger partial charge in [-0.15, -0.1) is 0 Å². The van der Waals surface area contributed by atoms with Crippen molar-refractivity contribution in [3.05, 3.63) is 55.8 Å². The van der Waals surface area contributed by atoms with E-state index in [1.165, 1.54) is 4.57 Å². The molecular formula is C16H19ClN2O2. The van der Waals surface area contributed by atoms with E-state index in [9.17, 15) is 9.59 Å². The predicted octanol–water partition coefficient (Wildman–Crippen LogP) is 3.21. The smallest absolute Gasteiger partial charge is 0.297 e. The van der Waals surface area contributed by atoms with E-state index in [0.29, 0.717) is 18.0 Å². The molecule has 1 aromatic carbocycles. The summed E-state index contributed by atoms with van der Waals surface area (Å²) in [5.41, 5.74) is 1.31. The van der Waals surface area contributed by atoms with Gasteiger partial charge in [0.05, 0.1) is 5.56 Å². The maximum atomic E-state index is 12.6. The Kier molecular flexibility index (Phi) is 4.68. The topological polar surface area (TPSA) is 54.9 Å². The number of aromatic amines is 1. The van der Waals surface area contributed by atoms with E-state index < -0.39 is 5.69 Å². The minimum atomic E-state index is -0.456. The molecule has 21 heavy (non-hydrogen) atoms. The molecule has 0 aliphatic heterocycles. The maximum absolute atomic E-state index is 12.6. The minimum Gasteiger partial charge on any atom is -0.297 e. The first kappa shape index (κ1) is 15.6. The van der Waals surface area contributed by atoms with E-state index in [1.54, 1.807) is 0 Å². The molecule has 0 radical (unpaired) electrons. The van der Waals surface area contributed by atoms with Gasteiger partial charge in [0, 0.05) is 6.54 Å². The number of aromatic nitrogens is 2.